The standard InChI is InChI=1S/C22H32O4/c1-22(2,18-7-6-15(25-18)11-24-3)26-21(23)17-10-14-9-16(17)20-13-5-4-12(8-13)19(14)20/h4-5,12-20H,6-11H2,1-3H3. The molecule has 1 saturated heterocycles. The van der Waals surface area contributed by atoms with Gasteiger partial charge in [-0.25, -0.2) is 0 Å². The van der Waals surface area contributed by atoms with Gasteiger partial charge in [0.1, 0.15) is 5.60 Å². The molecule has 3 saturated carbocycles. The number of hydrogen-bond acceptors (Lipinski definition) is 4. The summed E-state index contributed by atoms with van der Waals surface area (Å²) in [5, 5.41) is 0. The first-order chi connectivity index (χ1) is 12.5. The molecule has 4 fully saturated rings. The van der Waals surface area contributed by atoms with Crippen LogP contribution in [0.5, 0.6) is 0 Å². The Balaban J connectivity index is 1.23. The van der Waals surface area contributed by atoms with E-state index in [9.17, 15) is 4.79 Å². The summed E-state index contributed by atoms with van der Waals surface area (Å²) in [7, 11) is 1.70. The van der Waals surface area contributed by atoms with E-state index >= 15 is 0 Å². The van der Waals surface area contributed by atoms with Crippen LogP contribution in [0, 0.1) is 41.4 Å². The number of rotatable bonds is 5. The third kappa shape index (κ3) is 2.51. The Morgan fingerprint density at radius 3 is 2.65 bits per heavy atom. The summed E-state index contributed by atoms with van der Waals surface area (Å²) in [6, 6.07) is 0. The molecule has 9 atom stereocenters. The minimum atomic E-state index is -0.560. The summed E-state index contributed by atoms with van der Waals surface area (Å²) in [5.74, 6) is 4.60. The highest BCUT2D eigenvalue weighted by atomic mass is 16.6. The van der Waals surface area contributed by atoms with Crippen molar-refractivity contribution in [2.24, 2.45) is 41.4 Å². The number of methoxy groups -OCH3 is 1. The van der Waals surface area contributed by atoms with Crippen molar-refractivity contribution in [3.05, 3.63) is 12.2 Å². The average molecular weight is 360 g/mol. The van der Waals surface area contributed by atoms with E-state index in [1.54, 1.807) is 7.11 Å². The lowest BCUT2D eigenvalue weighted by molar-refractivity contribution is -0.180. The topological polar surface area (TPSA) is 44.8 Å². The Labute approximate surface area is 156 Å². The van der Waals surface area contributed by atoms with Crippen LogP contribution in [0.2, 0.25) is 0 Å². The first kappa shape index (κ1) is 17.2. The third-order valence-electron chi connectivity index (χ3n) is 8.17. The molecule has 5 rings (SSSR count). The van der Waals surface area contributed by atoms with Crippen molar-refractivity contribution in [1.29, 1.82) is 0 Å². The lowest BCUT2D eigenvalue weighted by atomic mass is 9.69. The molecule has 26 heavy (non-hydrogen) atoms. The van der Waals surface area contributed by atoms with Crippen molar-refractivity contribution in [2.45, 2.75) is 63.8 Å². The SMILES string of the molecule is COCC1CCC(C(C)(C)OC(=O)C2CC3CC2C2C4C=CC(C4)C32)O1. The van der Waals surface area contributed by atoms with E-state index in [0.717, 1.165) is 48.9 Å². The Kier molecular flexibility index (Phi) is 4.02. The molecule has 0 aromatic rings. The predicted molar refractivity (Wildman–Crippen MR) is 97.4 cm³/mol. The van der Waals surface area contributed by atoms with Gasteiger partial charge in [0.15, 0.2) is 0 Å². The van der Waals surface area contributed by atoms with Crippen LogP contribution in [0.1, 0.15) is 46.0 Å². The molecule has 0 radical (unpaired) electrons. The van der Waals surface area contributed by atoms with Crippen LogP contribution in [-0.4, -0.2) is 37.5 Å². The van der Waals surface area contributed by atoms with Gasteiger partial charge in [-0.15, -0.1) is 0 Å². The van der Waals surface area contributed by atoms with Crippen LogP contribution in [0.3, 0.4) is 0 Å². The fraction of sp³-hybridized carbons (Fsp3) is 0.864. The van der Waals surface area contributed by atoms with E-state index in [1.807, 2.05) is 13.8 Å². The van der Waals surface area contributed by atoms with Gasteiger partial charge in [0.05, 0.1) is 24.7 Å². The van der Waals surface area contributed by atoms with Crippen LogP contribution < -0.4 is 0 Å². The fourth-order valence-corrected chi connectivity index (χ4v) is 7.21. The van der Waals surface area contributed by atoms with E-state index in [1.165, 1.54) is 12.8 Å². The number of hydrogen-bond donors (Lipinski definition) is 0. The van der Waals surface area contributed by atoms with Crippen molar-refractivity contribution < 1.29 is 19.0 Å². The summed E-state index contributed by atoms with van der Waals surface area (Å²) in [6.45, 7) is 4.65. The van der Waals surface area contributed by atoms with Crippen LogP contribution in [0.4, 0.5) is 0 Å². The Morgan fingerprint density at radius 1 is 1.12 bits per heavy atom. The van der Waals surface area contributed by atoms with Gasteiger partial charge in [-0.05, 0) is 81.5 Å². The van der Waals surface area contributed by atoms with E-state index in [-0.39, 0.29) is 24.1 Å². The van der Waals surface area contributed by atoms with Gasteiger partial charge in [0.25, 0.3) is 0 Å². The van der Waals surface area contributed by atoms with Crippen molar-refractivity contribution in [3.8, 4) is 0 Å². The minimum Gasteiger partial charge on any atom is -0.457 e. The van der Waals surface area contributed by atoms with Crippen molar-refractivity contribution in [1.82, 2.24) is 0 Å². The van der Waals surface area contributed by atoms with Gasteiger partial charge < -0.3 is 14.2 Å². The molecule has 4 nitrogen and oxygen atoms in total. The Bertz CT molecular complexity index is 611. The number of carbonyl (C=O) groups is 1. The van der Waals surface area contributed by atoms with E-state index in [4.69, 9.17) is 14.2 Å². The van der Waals surface area contributed by atoms with E-state index < -0.39 is 5.60 Å². The predicted octanol–water partition coefficient (Wildman–Crippen LogP) is 3.60. The normalized spacial score (nSPS) is 48.3. The molecule has 4 aliphatic carbocycles. The molecule has 0 aromatic carbocycles. The van der Waals surface area contributed by atoms with Gasteiger partial charge in [0, 0.05) is 7.11 Å². The summed E-state index contributed by atoms with van der Waals surface area (Å²) in [5.41, 5.74) is -0.560. The van der Waals surface area contributed by atoms with Gasteiger partial charge in [-0.3, -0.25) is 4.79 Å². The molecule has 0 spiro atoms. The van der Waals surface area contributed by atoms with Crippen LogP contribution in [-0.2, 0) is 19.0 Å². The first-order valence-corrected chi connectivity index (χ1v) is 10.5. The smallest absolute Gasteiger partial charge is 0.309 e. The number of allylic oxidation sites excluding steroid dienone is 2. The molecule has 1 heterocycles. The van der Waals surface area contributed by atoms with Gasteiger partial charge in [-0.2, -0.15) is 0 Å². The zero-order chi connectivity index (χ0) is 18.1. The highest BCUT2D eigenvalue weighted by Crippen LogP contribution is 2.67. The number of carbonyl (C=O) groups excluding carboxylic acids is 1. The number of ether oxygens (including phenoxy) is 3. The molecule has 1 aliphatic heterocycles. The Morgan fingerprint density at radius 2 is 1.88 bits per heavy atom. The van der Waals surface area contributed by atoms with Gasteiger partial charge in [0.2, 0.25) is 0 Å². The molecule has 0 N–H and O–H groups in total. The molecule has 0 amide bonds. The largest absolute Gasteiger partial charge is 0.457 e. The second kappa shape index (κ2) is 6.07. The third-order valence-corrected chi connectivity index (χ3v) is 8.17. The first-order valence-electron chi connectivity index (χ1n) is 10.5. The zero-order valence-corrected chi connectivity index (χ0v) is 16.2. The number of fused-ring (bicyclic) bond motifs is 9. The second-order valence-corrected chi connectivity index (χ2v) is 9.91. The molecular weight excluding hydrogens is 328 g/mol. The van der Waals surface area contributed by atoms with E-state index in [2.05, 4.69) is 12.2 Å². The molecule has 144 valence electrons. The Hall–Kier alpha value is -0.870. The number of esters is 1. The maximum Gasteiger partial charge on any atom is 0.309 e. The average Bonchev–Trinajstić information content (AvgIpc) is 3.37. The fourth-order valence-electron chi connectivity index (χ4n) is 7.21. The van der Waals surface area contributed by atoms with Crippen LogP contribution >= 0.6 is 0 Å². The van der Waals surface area contributed by atoms with Crippen LogP contribution in [0.15, 0.2) is 12.2 Å². The summed E-state index contributed by atoms with van der Waals surface area (Å²) >= 11 is 0. The highest BCUT2D eigenvalue weighted by molar-refractivity contribution is 5.74. The zero-order valence-electron chi connectivity index (χ0n) is 16.2. The van der Waals surface area contributed by atoms with E-state index in [0.29, 0.717) is 12.5 Å². The summed E-state index contributed by atoms with van der Waals surface area (Å²) in [4.78, 5) is 13.1. The molecule has 4 bridgehead atoms. The highest BCUT2D eigenvalue weighted by Gasteiger charge is 2.62. The summed E-state index contributed by atoms with van der Waals surface area (Å²) < 4.78 is 17.4. The lowest BCUT2D eigenvalue weighted by Gasteiger charge is -2.38. The van der Waals surface area contributed by atoms with Gasteiger partial charge in [-0.1, -0.05) is 12.2 Å². The minimum absolute atomic E-state index is 0.0247. The second-order valence-electron chi connectivity index (χ2n) is 9.91. The quantitative estimate of drug-likeness (QED) is 0.427. The maximum absolute atomic E-state index is 13.1. The van der Waals surface area contributed by atoms with Crippen LogP contribution in [0.25, 0.3) is 0 Å². The molecule has 5 aliphatic rings. The van der Waals surface area contributed by atoms with Crippen molar-refractivity contribution >= 4 is 5.97 Å². The maximum atomic E-state index is 13.1. The van der Waals surface area contributed by atoms with Gasteiger partial charge >= 0.3 is 5.97 Å². The molecule has 9 unspecified atom stereocenters. The van der Waals surface area contributed by atoms with Crippen molar-refractivity contribution in [2.75, 3.05) is 13.7 Å². The molecule has 0 aromatic heterocycles. The lowest BCUT2D eigenvalue weighted by Crippen LogP contribution is -2.44. The monoisotopic (exact) mass is 360 g/mol. The van der Waals surface area contributed by atoms with Crippen molar-refractivity contribution in [3.63, 3.8) is 0 Å². The molecular formula is C22H32O4. The summed E-state index contributed by atoms with van der Waals surface area (Å²) in [6.07, 6.45) is 10.5. The molecule has 4 heteroatoms.